The van der Waals surface area contributed by atoms with Crippen LogP contribution in [-0.4, -0.2) is 49.1 Å². The maximum Gasteiger partial charge on any atom is 0.254 e. The number of benzene rings is 1. The van der Waals surface area contributed by atoms with Gasteiger partial charge in [-0.15, -0.1) is 11.3 Å². The summed E-state index contributed by atoms with van der Waals surface area (Å²) in [6, 6.07) is 12.3. The van der Waals surface area contributed by atoms with E-state index in [2.05, 4.69) is 28.9 Å². The summed E-state index contributed by atoms with van der Waals surface area (Å²) in [7, 11) is 1.61. The average Bonchev–Trinajstić information content (AvgIpc) is 3.23. The fourth-order valence-corrected chi connectivity index (χ4v) is 4.21. The van der Waals surface area contributed by atoms with E-state index in [-0.39, 0.29) is 18.4 Å². The normalized spacial score (nSPS) is 19.7. The van der Waals surface area contributed by atoms with E-state index in [4.69, 9.17) is 4.74 Å². The van der Waals surface area contributed by atoms with Crippen molar-refractivity contribution in [3.05, 3.63) is 47.3 Å². The monoisotopic (exact) mass is 386 g/mol. The summed E-state index contributed by atoms with van der Waals surface area (Å²) in [6.45, 7) is 3.18. The average molecular weight is 387 g/mol. The minimum atomic E-state index is -1.04. The molecule has 1 aliphatic heterocycles. The molecule has 1 aromatic carbocycles. The third-order valence-corrected chi connectivity index (χ3v) is 5.81. The molecule has 1 fully saturated rings. The van der Waals surface area contributed by atoms with Gasteiger partial charge in [0, 0.05) is 31.3 Å². The number of thiophene rings is 1. The van der Waals surface area contributed by atoms with E-state index in [1.807, 2.05) is 25.1 Å². The van der Waals surface area contributed by atoms with Crippen LogP contribution in [0, 0.1) is 0 Å². The van der Waals surface area contributed by atoms with Crippen molar-refractivity contribution in [1.29, 1.82) is 0 Å². The zero-order valence-electron chi connectivity index (χ0n) is 15.9. The van der Waals surface area contributed by atoms with Crippen molar-refractivity contribution in [3.8, 4) is 10.4 Å². The Morgan fingerprint density at radius 2 is 2.04 bits per heavy atom. The lowest BCUT2D eigenvalue weighted by Crippen LogP contribution is -2.61. The molecule has 1 saturated heterocycles. The van der Waals surface area contributed by atoms with Crippen LogP contribution >= 0.6 is 11.3 Å². The molecule has 3 rings (SSSR count). The highest BCUT2D eigenvalue weighted by Gasteiger charge is 2.44. The van der Waals surface area contributed by atoms with Crippen LogP contribution < -0.4 is 5.32 Å². The molecule has 2 aromatic rings. The Labute approximate surface area is 164 Å². The summed E-state index contributed by atoms with van der Waals surface area (Å²) >= 11 is 1.70. The molecule has 5 nitrogen and oxygen atoms in total. The van der Waals surface area contributed by atoms with Crippen molar-refractivity contribution in [2.24, 2.45) is 0 Å². The number of ether oxygens (including phenoxy) is 1. The van der Waals surface area contributed by atoms with E-state index in [0.717, 1.165) is 17.5 Å². The van der Waals surface area contributed by atoms with E-state index < -0.39 is 5.60 Å². The zero-order chi connectivity index (χ0) is 19.3. The van der Waals surface area contributed by atoms with Crippen molar-refractivity contribution >= 4 is 23.2 Å². The minimum absolute atomic E-state index is 0.0853. The Morgan fingerprint density at radius 3 is 2.67 bits per heavy atom. The Hall–Kier alpha value is -2.18. The first kappa shape index (κ1) is 19.6. The van der Waals surface area contributed by atoms with Crippen molar-refractivity contribution < 1.29 is 14.3 Å². The van der Waals surface area contributed by atoms with Crippen molar-refractivity contribution in [1.82, 2.24) is 10.2 Å². The second-order valence-corrected chi connectivity index (χ2v) is 7.79. The van der Waals surface area contributed by atoms with Gasteiger partial charge in [0.15, 0.2) is 5.60 Å². The predicted octanol–water partition coefficient (Wildman–Crippen LogP) is 3.10. The molecule has 1 atom stereocenters. The van der Waals surface area contributed by atoms with E-state index in [0.29, 0.717) is 26.0 Å². The summed E-state index contributed by atoms with van der Waals surface area (Å²) in [5, 5.41) is 4.78. The number of carbonyl (C=O) groups is 2. The molecule has 1 aliphatic rings. The molecule has 0 radical (unpaired) electrons. The number of amides is 2. The molecule has 27 heavy (non-hydrogen) atoms. The Bertz CT molecular complexity index is 773. The zero-order valence-corrected chi connectivity index (χ0v) is 16.7. The summed E-state index contributed by atoms with van der Waals surface area (Å²) in [5.41, 5.74) is 1.14. The van der Waals surface area contributed by atoms with Crippen LogP contribution in [0.25, 0.3) is 10.4 Å². The summed E-state index contributed by atoms with van der Waals surface area (Å²) < 4.78 is 5.98. The molecular formula is C21H26N2O3S. The lowest BCUT2D eigenvalue weighted by Gasteiger charge is -2.41. The fourth-order valence-electron chi connectivity index (χ4n) is 3.48. The number of likely N-dealkylation sites (N-methyl/N-ethyl adjacent to an activating group) is 1. The van der Waals surface area contributed by atoms with E-state index in [9.17, 15) is 9.59 Å². The lowest BCUT2D eigenvalue weighted by atomic mass is 9.90. The third-order valence-electron chi connectivity index (χ3n) is 4.89. The molecule has 0 spiro atoms. The van der Waals surface area contributed by atoms with Gasteiger partial charge >= 0.3 is 0 Å². The molecule has 0 bridgehead atoms. The summed E-state index contributed by atoms with van der Waals surface area (Å²) in [4.78, 5) is 28.0. The molecule has 2 amide bonds. The maximum atomic E-state index is 12.7. The first-order valence-corrected chi connectivity index (χ1v) is 10.2. The highest BCUT2D eigenvalue weighted by atomic mass is 32.1. The SMILES string of the molecule is CCCC(=O)N1CCO[C@@](Cc2ccc(-c3cccs3)cc2)(C(=O)NC)C1. The predicted molar refractivity (Wildman–Crippen MR) is 108 cm³/mol. The molecule has 144 valence electrons. The molecule has 1 aromatic heterocycles. The standard InChI is InChI=1S/C21H26N2O3S/c1-3-5-19(24)23-11-12-26-21(15-23,20(25)22-2)14-16-7-9-17(10-8-16)18-6-4-13-27-18/h4,6-10,13H,3,5,11-12,14-15H2,1-2H3,(H,22,25)/t21-/m1/s1. The Balaban J connectivity index is 1.80. The van der Waals surface area contributed by atoms with Crippen LogP contribution in [0.2, 0.25) is 0 Å². The topological polar surface area (TPSA) is 58.6 Å². The Kier molecular flexibility index (Phi) is 6.29. The van der Waals surface area contributed by atoms with Crippen LogP contribution in [-0.2, 0) is 20.7 Å². The molecular weight excluding hydrogens is 360 g/mol. The lowest BCUT2D eigenvalue weighted by molar-refractivity contribution is -0.165. The van der Waals surface area contributed by atoms with Gasteiger partial charge in [-0.2, -0.15) is 0 Å². The van der Waals surface area contributed by atoms with Crippen molar-refractivity contribution in [2.45, 2.75) is 31.8 Å². The first-order valence-electron chi connectivity index (χ1n) is 9.34. The minimum Gasteiger partial charge on any atom is -0.361 e. The number of hydrogen-bond donors (Lipinski definition) is 1. The van der Waals surface area contributed by atoms with Crippen LogP contribution in [0.5, 0.6) is 0 Å². The highest BCUT2D eigenvalue weighted by Crippen LogP contribution is 2.28. The van der Waals surface area contributed by atoms with Gasteiger partial charge < -0.3 is 15.0 Å². The van der Waals surface area contributed by atoms with Crippen molar-refractivity contribution in [2.75, 3.05) is 26.7 Å². The van der Waals surface area contributed by atoms with Gasteiger partial charge in [-0.05, 0) is 29.0 Å². The van der Waals surface area contributed by atoms with Crippen LogP contribution in [0.15, 0.2) is 41.8 Å². The van der Waals surface area contributed by atoms with Crippen LogP contribution in [0.1, 0.15) is 25.3 Å². The number of nitrogens with zero attached hydrogens (tertiary/aromatic N) is 1. The largest absolute Gasteiger partial charge is 0.361 e. The molecule has 2 heterocycles. The molecule has 0 unspecified atom stereocenters. The van der Waals surface area contributed by atoms with Gasteiger partial charge in [-0.1, -0.05) is 37.3 Å². The number of rotatable bonds is 6. The molecule has 6 heteroatoms. The second kappa shape index (κ2) is 8.67. The van der Waals surface area contributed by atoms with Crippen LogP contribution in [0.4, 0.5) is 0 Å². The maximum absolute atomic E-state index is 12.7. The highest BCUT2D eigenvalue weighted by molar-refractivity contribution is 7.13. The fraction of sp³-hybridized carbons (Fsp3) is 0.429. The van der Waals surface area contributed by atoms with Gasteiger partial charge in [0.25, 0.3) is 5.91 Å². The van der Waals surface area contributed by atoms with Gasteiger partial charge in [0.1, 0.15) is 0 Å². The van der Waals surface area contributed by atoms with Crippen molar-refractivity contribution in [3.63, 3.8) is 0 Å². The number of nitrogens with one attached hydrogen (secondary N) is 1. The van der Waals surface area contributed by atoms with Gasteiger partial charge in [0.2, 0.25) is 5.91 Å². The van der Waals surface area contributed by atoms with Crippen LogP contribution in [0.3, 0.4) is 0 Å². The van der Waals surface area contributed by atoms with E-state index in [1.54, 1.807) is 23.3 Å². The number of carbonyl (C=O) groups excluding carboxylic acids is 2. The molecule has 0 aliphatic carbocycles. The first-order chi connectivity index (χ1) is 13.1. The molecule has 1 N–H and O–H groups in total. The van der Waals surface area contributed by atoms with Gasteiger partial charge in [-0.3, -0.25) is 9.59 Å². The third kappa shape index (κ3) is 4.39. The quantitative estimate of drug-likeness (QED) is 0.830. The van der Waals surface area contributed by atoms with Gasteiger partial charge in [-0.25, -0.2) is 0 Å². The van der Waals surface area contributed by atoms with E-state index >= 15 is 0 Å². The molecule has 0 saturated carbocycles. The smallest absolute Gasteiger partial charge is 0.254 e. The summed E-state index contributed by atoms with van der Waals surface area (Å²) in [5.74, 6) is -0.0963. The van der Waals surface area contributed by atoms with E-state index in [1.165, 1.54) is 4.88 Å². The second-order valence-electron chi connectivity index (χ2n) is 6.84. The number of hydrogen-bond acceptors (Lipinski definition) is 4. The van der Waals surface area contributed by atoms with Gasteiger partial charge in [0.05, 0.1) is 13.2 Å². The Morgan fingerprint density at radius 1 is 1.26 bits per heavy atom. The summed E-state index contributed by atoms with van der Waals surface area (Å²) in [6.07, 6.45) is 1.74. The number of morpholine rings is 1.